The summed E-state index contributed by atoms with van der Waals surface area (Å²) < 4.78 is 13.1. The van der Waals surface area contributed by atoms with Gasteiger partial charge in [-0.15, -0.1) is 0 Å². The van der Waals surface area contributed by atoms with Gasteiger partial charge in [0.25, 0.3) is 5.56 Å². The molecule has 0 aliphatic rings. The van der Waals surface area contributed by atoms with Gasteiger partial charge >= 0.3 is 0 Å². The van der Waals surface area contributed by atoms with Crippen LogP contribution in [0.1, 0.15) is 32.3 Å². The van der Waals surface area contributed by atoms with E-state index in [2.05, 4.69) is 10.3 Å². The number of carbonyl (C=O) groups is 1. The summed E-state index contributed by atoms with van der Waals surface area (Å²) in [6, 6.07) is 6.10. The van der Waals surface area contributed by atoms with Crippen LogP contribution in [0.15, 0.2) is 29.1 Å². The molecule has 0 saturated carbocycles. The van der Waals surface area contributed by atoms with Crippen LogP contribution in [0.25, 0.3) is 10.9 Å². The summed E-state index contributed by atoms with van der Waals surface area (Å²) in [5.74, 6) is -0.457. The fourth-order valence-electron chi connectivity index (χ4n) is 2.10. The summed E-state index contributed by atoms with van der Waals surface area (Å²) in [6.45, 7) is 3.94. The van der Waals surface area contributed by atoms with Gasteiger partial charge in [0.2, 0.25) is 5.91 Å². The zero-order valence-corrected chi connectivity index (χ0v) is 12.2. The van der Waals surface area contributed by atoms with Crippen molar-refractivity contribution in [3.63, 3.8) is 0 Å². The molecule has 1 amide bonds. The topological polar surface area (TPSA) is 62.0 Å². The molecule has 1 unspecified atom stereocenters. The van der Waals surface area contributed by atoms with Gasteiger partial charge in [-0.2, -0.15) is 0 Å². The lowest BCUT2D eigenvalue weighted by atomic mass is 10.1. The van der Waals surface area contributed by atoms with Gasteiger partial charge in [0, 0.05) is 18.0 Å². The van der Waals surface area contributed by atoms with Gasteiger partial charge in [-0.25, -0.2) is 4.39 Å². The van der Waals surface area contributed by atoms with Gasteiger partial charge in [0.15, 0.2) is 0 Å². The summed E-state index contributed by atoms with van der Waals surface area (Å²) in [7, 11) is 0. The van der Waals surface area contributed by atoms with Crippen LogP contribution in [-0.2, 0) is 11.2 Å². The van der Waals surface area contributed by atoms with Crippen molar-refractivity contribution in [3.05, 3.63) is 46.0 Å². The van der Waals surface area contributed by atoms with E-state index >= 15 is 0 Å². The second-order valence-corrected chi connectivity index (χ2v) is 5.23. The molecule has 0 aliphatic heterocycles. The molecule has 0 fully saturated rings. The highest BCUT2D eigenvalue weighted by Gasteiger charge is 2.09. The highest BCUT2D eigenvalue weighted by molar-refractivity contribution is 5.79. The molecule has 0 spiro atoms. The molecule has 4 nitrogen and oxygen atoms in total. The highest BCUT2D eigenvalue weighted by atomic mass is 19.1. The number of nitrogens with one attached hydrogen (secondary N) is 2. The van der Waals surface area contributed by atoms with Crippen molar-refractivity contribution in [1.82, 2.24) is 10.3 Å². The average molecular weight is 290 g/mol. The van der Waals surface area contributed by atoms with Crippen LogP contribution in [0.5, 0.6) is 0 Å². The zero-order valence-electron chi connectivity index (χ0n) is 12.2. The first-order valence-electron chi connectivity index (χ1n) is 7.10. The van der Waals surface area contributed by atoms with Crippen LogP contribution in [0.3, 0.4) is 0 Å². The second-order valence-electron chi connectivity index (χ2n) is 5.23. The number of benzene rings is 1. The number of aromatic nitrogens is 1. The van der Waals surface area contributed by atoms with Crippen molar-refractivity contribution in [2.24, 2.45) is 0 Å². The minimum absolute atomic E-state index is 0.0667. The molecule has 112 valence electrons. The number of pyridine rings is 1. The number of amides is 1. The van der Waals surface area contributed by atoms with E-state index in [9.17, 15) is 14.0 Å². The van der Waals surface area contributed by atoms with Crippen molar-refractivity contribution in [3.8, 4) is 0 Å². The molecule has 1 aromatic heterocycles. The number of H-pyrrole nitrogens is 1. The summed E-state index contributed by atoms with van der Waals surface area (Å²) >= 11 is 0. The van der Waals surface area contributed by atoms with Gasteiger partial charge in [-0.05, 0) is 49.4 Å². The Morgan fingerprint density at radius 2 is 2.14 bits per heavy atom. The second kappa shape index (κ2) is 6.52. The van der Waals surface area contributed by atoms with E-state index in [1.807, 2.05) is 13.8 Å². The van der Waals surface area contributed by atoms with Crippen LogP contribution >= 0.6 is 0 Å². The van der Waals surface area contributed by atoms with E-state index in [1.54, 1.807) is 12.1 Å². The van der Waals surface area contributed by atoms with Gasteiger partial charge in [-0.3, -0.25) is 9.59 Å². The number of hydrogen-bond donors (Lipinski definition) is 2. The zero-order chi connectivity index (χ0) is 15.4. The first-order chi connectivity index (χ1) is 9.99. The van der Waals surface area contributed by atoms with E-state index < -0.39 is 0 Å². The summed E-state index contributed by atoms with van der Waals surface area (Å²) in [5.41, 5.74) is 0.727. The number of aromatic amines is 1. The van der Waals surface area contributed by atoms with Crippen LogP contribution in [0.4, 0.5) is 4.39 Å². The third-order valence-electron chi connectivity index (χ3n) is 3.53. The maximum atomic E-state index is 13.1. The van der Waals surface area contributed by atoms with E-state index in [0.29, 0.717) is 17.5 Å². The van der Waals surface area contributed by atoms with Gasteiger partial charge < -0.3 is 10.3 Å². The van der Waals surface area contributed by atoms with Crippen molar-refractivity contribution in [2.45, 2.75) is 39.2 Å². The van der Waals surface area contributed by atoms with E-state index in [-0.39, 0.29) is 29.7 Å². The Balaban J connectivity index is 2.12. The molecule has 5 heteroatoms. The van der Waals surface area contributed by atoms with Crippen LogP contribution in [-0.4, -0.2) is 16.9 Å². The largest absolute Gasteiger partial charge is 0.354 e. The quantitative estimate of drug-likeness (QED) is 0.889. The first-order valence-corrected chi connectivity index (χ1v) is 7.10. The normalized spacial score (nSPS) is 12.3. The predicted octanol–water partition coefficient (Wildman–Crippen LogP) is 2.51. The Hall–Kier alpha value is -2.17. The molecular weight excluding hydrogens is 271 g/mol. The summed E-state index contributed by atoms with van der Waals surface area (Å²) in [6.07, 6.45) is 1.50. The highest BCUT2D eigenvalue weighted by Crippen LogP contribution is 2.13. The van der Waals surface area contributed by atoms with Crippen LogP contribution in [0, 0.1) is 5.82 Å². The molecule has 0 bridgehead atoms. The Labute approximate surface area is 122 Å². The molecule has 1 atom stereocenters. The van der Waals surface area contributed by atoms with E-state index in [4.69, 9.17) is 0 Å². The van der Waals surface area contributed by atoms with Gasteiger partial charge in [-0.1, -0.05) is 6.92 Å². The number of aryl methyl sites for hydroxylation is 1. The number of halogens is 1. The van der Waals surface area contributed by atoms with Crippen LogP contribution < -0.4 is 10.9 Å². The van der Waals surface area contributed by atoms with Crippen molar-refractivity contribution in [1.29, 1.82) is 0 Å². The fraction of sp³-hybridized carbons (Fsp3) is 0.375. The maximum Gasteiger partial charge on any atom is 0.251 e. The Kier molecular flexibility index (Phi) is 4.73. The Morgan fingerprint density at radius 3 is 2.86 bits per heavy atom. The minimum atomic E-state index is -0.390. The Morgan fingerprint density at radius 1 is 1.38 bits per heavy atom. The van der Waals surface area contributed by atoms with Crippen LogP contribution in [0.2, 0.25) is 0 Å². The average Bonchev–Trinajstić information content (AvgIpc) is 2.44. The molecule has 21 heavy (non-hydrogen) atoms. The molecule has 2 rings (SSSR count). The van der Waals surface area contributed by atoms with Gasteiger partial charge in [0.1, 0.15) is 5.82 Å². The molecule has 0 radical (unpaired) electrons. The lowest BCUT2D eigenvalue weighted by molar-refractivity contribution is -0.121. The maximum absolute atomic E-state index is 13.1. The first kappa shape index (κ1) is 15.2. The SMILES string of the molecule is CCC(C)NC(=O)CCc1cc2ccc(F)cc2[nH]c1=O. The molecule has 1 aromatic carbocycles. The lowest BCUT2D eigenvalue weighted by Gasteiger charge is -2.11. The molecule has 1 heterocycles. The molecular formula is C16H19FN2O2. The summed E-state index contributed by atoms with van der Waals surface area (Å²) in [5, 5.41) is 3.62. The summed E-state index contributed by atoms with van der Waals surface area (Å²) in [4.78, 5) is 26.3. The molecule has 2 aromatic rings. The van der Waals surface area contributed by atoms with Gasteiger partial charge in [0.05, 0.1) is 5.52 Å². The smallest absolute Gasteiger partial charge is 0.251 e. The number of hydrogen-bond acceptors (Lipinski definition) is 2. The monoisotopic (exact) mass is 290 g/mol. The number of carbonyl (C=O) groups excluding carboxylic acids is 1. The fourth-order valence-corrected chi connectivity index (χ4v) is 2.10. The number of rotatable bonds is 5. The lowest BCUT2D eigenvalue weighted by Crippen LogP contribution is -2.32. The minimum Gasteiger partial charge on any atom is -0.354 e. The standard InChI is InChI=1S/C16H19FN2O2/c1-3-10(2)18-15(20)7-5-12-8-11-4-6-13(17)9-14(11)19-16(12)21/h4,6,8-10H,3,5,7H2,1-2H3,(H,18,20)(H,19,21). The molecule has 2 N–H and O–H groups in total. The van der Waals surface area contributed by atoms with E-state index in [1.165, 1.54) is 12.1 Å². The predicted molar refractivity (Wildman–Crippen MR) is 80.7 cm³/mol. The molecule has 0 saturated heterocycles. The van der Waals surface area contributed by atoms with Crippen molar-refractivity contribution >= 4 is 16.8 Å². The number of fused-ring (bicyclic) bond motifs is 1. The van der Waals surface area contributed by atoms with Crippen molar-refractivity contribution < 1.29 is 9.18 Å². The third-order valence-corrected chi connectivity index (χ3v) is 3.53. The van der Waals surface area contributed by atoms with Crippen molar-refractivity contribution in [2.75, 3.05) is 0 Å². The Bertz CT molecular complexity index is 709. The molecule has 0 aliphatic carbocycles. The van der Waals surface area contributed by atoms with E-state index in [0.717, 1.165) is 11.8 Å². The third kappa shape index (κ3) is 3.90.